The zero-order valence-corrected chi connectivity index (χ0v) is 26.8. The average Bonchev–Trinajstić information content (AvgIpc) is 3.03. The van der Waals surface area contributed by atoms with Gasteiger partial charge in [0.25, 0.3) is 0 Å². The van der Waals surface area contributed by atoms with E-state index in [2.05, 4.69) is 10.6 Å². The van der Waals surface area contributed by atoms with E-state index in [-0.39, 0.29) is 17.7 Å². The van der Waals surface area contributed by atoms with Gasteiger partial charge in [0, 0.05) is 57.9 Å². The van der Waals surface area contributed by atoms with Crippen LogP contribution in [-0.4, -0.2) is 68.9 Å². The highest BCUT2D eigenvalue weighted by Crippen LogP contribution is 2.43. The fourth-order valence-electron chi connectivity index (χ4n) is 6.79. The number of phenolic OH excluding ortho intramolecular Hbond substituents is 1. The van der Waals surface area contributed by atoms with Gasteiger partial charge in [0.2, 0.25) is 0 Å². The molecule has 0 amide bonds. The Morgan fingerprint density at radius 1 is 0.818 bits per heavy atom. The Morgan fingerprint density at radius 2 is 1.39 bits per heavy atom. The van der Waals surface area contributed by atoms with E-state index >= 15 is 0 Å². The molecule has 2 unspecified atom stereocenters. The van der Waals surface area contributed by atoms with Crippen molar-refractivity contribution in [3.05, 3.63) is 64.7 Å². The van der Waals surface area contributed by atoms with Gasteiger partial charge in [-0.05, 0) is 114 Å². The van der Waals surface area contributed by atoms with Crippen molar-refractivity contribution in [3.63, 3.8) is 0 Å². The number of phenols is 1. The van der Waals surface area contributed by atoms with Crippen molar-refractivity contribution in [1.29, 1.82) is 0 Å². The minimum Gasteiger partial charge on any atom is -0.505 e. The summed E-state index contributed by atoms with van der Waals surface area (Å²) in [5.41, 5.74) is -0.301. The smallest absolute Gasteiger partial charge is 0.165 e. The maximum Gasteiger partial charge on any atom is 0.165 e. The number of nitrogens with one attached hydrogen (secondary N) is 2. The van der Waals surface area contributed by atoms with Crippen molar-refractivity contribution < 1.29 is 33.6 Å². The molecule has 7 nitrogen and oxygen atoms in total. The van der Waals surface area contributed by atoms with Crippen molar-refractivity contribution >= 4 is 0 Å². The molecule has 0 saturated carbocycles. The minimum absolute atomic E-state index is 0.0310. The van der Waals surface area contributed by atoms with Gasteiger partial charge in [0.05, 0.1) is 11.2 Å². The normalized spacial score (nSPS) is 21.5. The number of ether oxygens (including phenoxy) is 2. The summed E-state index contributed by atoms with van der Waals surface area (Å²) in [6, 6.07) is 9.31. The minimum atomic E-state index is -1.21. The highest BCUT2D eigenvalue weighted by atomic mass is 19.1. The van der Waals surface area contributed by atoms with Crippen molar-refractivity contribution in [2.24, 2.45) is 11.8 Å². The summed E-state index contributed by atoms with van der Waals surface area (Å²) in [6.07, 6.45) is 8.37. The molecule has 0 aromatic heterocycles. The molecule has 2 aromatic rings. The summed E-state index contributed by atoms with van der Waals surface area (Å²) in [6.45, 7) is 6.60. The second kappa shape index (κ2) is 18.1. The monoisotopic (exact) mass is 620 g/mol. The highest BCUT2D eigenvalue weighted by molar-refractivity contribution is 5.39. The molecule has 248 valence electrons. The Labute approximate surface area is 262 Å². The van der Waals surface area contributed by atoms with E-state index in [1.165, 1.54) is 18.2 Å². The number of hydrogen-bond donors (Lipinski definition) is 5. The number of aromatic hydroxyl groups is 1. The van der Waals surface area contributed by atoms with Crippen LogP contribution in [0.3, 0.4) is 0 Å². The number of aryl methyl sites for hydroxylation is 1. The first-order valence-electron chi connectivity index (χ1n) is 16.3. The summed E-state index contributed by atoms with van der Waals surface area (Å²) in [7, 11) is 3.34. The lowest BCUT2D eigenvalue weighted by Crippen LogP contribution is -2.44. The molecule has 0 spiro atoms. The van der Waals surface area contributed by atoms with Crippen LogP contribution >= 0.6 is 0 Å². The Hall–Kier alpha value is -2.14. The lowest BCUT2D eigenvalue weighted by atomic mass is 9.74. The van der Waals surface area contributed by atoms with Crippen molar-refractivity contribution in [2.75, 3.05) is 53.6 Å². The lowest BCUT2D eigenvalue weighted by molar-refractivity contribution is -0.0453. The molecule has 9 heteroatoms. The first-order valence-corrected chi connectivity index (χ1v) is 16.3. The molecule has 4 atom stereocenters. The van der Waals surface area contributed by atoms with Crippen LogP contribution in [0.2, 0.25) is 0 Å². The van der Waals surface area contributed by atoms with Crippen LogP contribution in [0, 0.1) is 30.4 Å². The van der Waals surface area contributed by atoms with Gasteiger partial charge in [0.15, 0.2) is 11.6 Å². The molecule has 4 rings (SSSR count). The van der Waals surface area contributed by atoms with Crippen LogP contribution in [0.4, 0.5) is 8.78 Å². The van der Waals surface area contributed by atoms with Crippen LogP contribution in [0.5, 0.6) is 5.75 Å². The van der Waals surface area contributed by atoms with Crippen molar-refractivity contribution in [2.45, 2.75) is 82.3 Å². The van der Waals surface area contributed by atoms with Gasteiger partial charge in [-0.15, -0.1) is 0 Å². The number of benzene rings is 2. The maximum atomic E-state index is 13.8. The van der Waals surface area contributed by atoms with E-state index in [4.69, 9.17) is 9.47 Å². The zero-order valence-electron chi connectivity index (χ0n) is 26.8. The molecule has 0 aliphatic carbocycles. The number of unbranched alkanes of at least 4 members (excludes halogenated alkanes) is 2. The maximum absolute atomic E-state index is 13.8. The number of aliphatic hydroxyl groups is 2. The third-order valence-corrected chi connectivity index (χ3v) is 9.25. The molecule has 5 N–H and O–H groups in total. The van der Waals surface area contributed by atoms with Crippen molar-refractivity contribution in [3.8, 4) is 5.75 Å². The number of halogens is 2. The fraction of sp³-hybridized carbons (Fsp3) is 0.657. The molecule has 44 heavy (non-hydrogen) atoms. The number of hydrogen-bond acceptors (Lipinski definition) is 7. The first-order chi connectivity index (χ1) is 21.2. The largest absolute Gasteiger partial charge is 0.505 e. The third-order valence-electron chi connectivity index (χ3n) is 9.25. The van der Waals surface area contributed by atoms with Gasteiger partial charge in [-0.2, -0.15) is 0 Å². The fourth-order valence-corrected chi connectivity index (χ4v) is 6.79. The van der Waals surface area contributed by atoms with Gasteiger partial charge in [-0.3, -0.25) is 0 Å². The zero-order chi connectivity index (χ0) is 32.0. The number of methoxy groups -OCH3 is 2. The molecule has 2 aliphatic heterocycles. The van der Waals surface area contributed by atoms with Crippen LogP contribution in [0.25, 0.3) is 0 Å². The predicted molar refractivity (Wildman–Crippen MR) is 170 cm³/mol. The first kappa shape index (κ1) is 36.3. The van der Waals surface area contributed by atoms with E-state index in [1.807, 2.05) is 13.0 Å². The van der Waals surface area contributed by atoms with E-state index in [1.54, 1.807) is 26.4 Å². The molecule has 2 aromatic carbocycles. The molecule has 2 fully saturated rings. The van der Waals surface area contributed by atoms with E-state index < -0.39 is 22.8 Å². The van der Waals surface area contributed by atoms with Crippen molar-refractivity contribution in [1.82, 2.24) is 10.6 Å². The van der Waals surface area contributed by atoms with E-state index in [9.17, 15) is 24.1 Å². The Morgan fingerprint density at radius 3 is 1.91 bits per heavy atom. The summed E-state index contributed by atoms with van der Waals surface area (Å²) < 4.78 is 37.7. The molecule has 0 bridgehead atoms. The number of para-hydroxylation sites is 1. The molecule has 0 radical (unpaired) electrons. The molecule has 2 saturated heterocycles. The van der Waals surface area contributed by atoms with Gasteiger partial charge < -0.3 is 35.4 Å². The SMILES string of the molecule is COCCCC[C@@](O)(c1cc(C)cc(F)c1)C1CCCNC1.COCCCC[C@@](O)(c1cccc(F)c1O)C1CCCNC1. The number of rotatable bonds is 14. The summed E-state index contributed by atoms with van der Waals surface area (Å²) in [5, 5.41) is 39.4. The van der Waals surface area contributed by atoms with E-state index in [0.717, 1.165) is 82.1 Å². The van der Waals surface area contributed by atoms with Gasteiger partial charge in [0.1, 0.15) is 5.82 Å². The van der Waals surface area contributed by atoms with Crippen LogP contribution in [0.1, 0.15) is 80.9 Å². The standard InChI is InChI=1S/C18H28FNO2.C17H26FNO3/c1-14-10-16(12-17(19)11-14)18(21,7-3-4-9-22-2)15-6-5-8-20-13-15;1-22-11-3-2-9-17(21,13-6-5-10-19-12-13)14-7-4-8-15(18)16(14)20/h10-12,15,20-21H,3-9,13H2,1-2H3;4,7-8,13,19-21H,2-3,5-6,9-12H2,1H3/t15?,18-;13?,17-/m00/s1. The van der Waals surface area contributed by atoms with Gasteiger partial charge in [-0.25, -0.2) is 8.78 Å². The molecule has 2 heterocycles. The highest BCUT2D eigenvalue weighted by Gasteiger charge is 2.41. The van der Waals surface area contributed by atoms with Gasteiger partial charge in [-0.1, -0.05) is 18.2 Å². The predicted octanol–water partition coefficient (Wildman–Crippen LogP) is 5.67. The van der Waals surface area contributed by atoms with Crippen LogP contribution in [0.15, 0.2) is 36.4 Å². The second-order valence-corrected chi connectivity index (χ2v) is 12.5. The van der Waals surface area contributed by atoms with Crippen LogP contribution in [-0.2, 0) is 20.7 Å². The molecular weight excluding hydrogens is 566 g/mol. The number of piperidine rings is 2. The lowest BCUT2D eigenvalue weighted by Gasteiger charge is -2.39. The van der Waals surface area contributed by atoms with Gasteiger partial charge >= 0.3 is 0 Å². The topological polar surface area (TPSA) is 103 Å². The Bertz CT molecular complexity index is 1110. The second-order valence-electron chi connectivity index (χ2n) is 12.5. The van der Waals surface area contributed by atoms with E-state index in [0.29, 0.717) is 38.2 Å². The summed E-state index contributed by atoms with van der Waals surface area (Å²) >= 11 is 0. The Kier molecular flexibility index (Phi) is 15.0. The Balaban J connectivity index is 0.000000240. The van der Waals surface area contributed by atoms with Crippen LogP contribution < -0.4 is 10.6 Å². The third kappa shape index (κ3) is 9.93. The quantitative estimate of drug-likeness (QED) is 0.173. The average molecular weight is 621 g/mol. The molecular formula is C35H54F2N2O5. The summed E-state index contributed by atoms with van der Waals surface area (Å²) in [4.78, 5) is 0. The summed E-state index contributed by atoms with van der Waals surface area (Å²) in [5.74, 6) is -1.28. The molecule has 2 aliphatic rings.